The zero-order valence-corrected chi connectivity index (χ0v) is 4.78. The Morgan fingerprint density at radius 3 is 3.11 bits per heavy atom. The molecule has 0 spiro atoms. The van der Waals surface area contributed by atoms with Gasteiger partial charge in [0, 0.05) is 6.20 Å². The number of aliphatic hydroxyl groups excluding tert-OH is 1. The zero-order valence-electron chi connectivity index (χ0n) is 4.78. The molecule has 0 saturated carbocycles. The summed E-state index contributed by atoms with van der Waals surface area (Å²) in [5.74, 6) is 0. The smallest absolute Gasteiger partial charge is 0.117 e. The highest BCUT2D eigenvalue weighted by Crippen LogP contribution is 2.06. The van der Waals surface area contributed by atoms with Gasteiger partial charge in [-0.1, -0.05) is 11.3 Å². The molecule has 0 aliphatic carbocycles. The van der Waals surface area contributed by atoms with Gasteiger partial charge in [0.25, 0.3) is 0 Å². The van der Waals surface area contributed by atoms with Crippen molar-refractivity contribution in [3.63, 3.8) is 0 Å². The number of hydrogen-bond donors (Lipinski definition) is 2. The molecule has 1 heterocycles. The normalized spacial score (nSPS) is 13.0. The van der Waals surface area contributed by atoms with Gasteiger partial charge < -0.3 is 5.11 Å². The standard InChI is InChI=1S/C5H7N3O/c1-2-5(9)4-3-6-8-7-4/h2-3,5,9H,1H2,(H,6,7,8). The van der Waals surface area contributed by atoms with E-state index in [9.17, 15) is 0 Å². The number of H-pyrrole nitrogens is 1. The molecule has 4 nitrogen and oxygen atoms in total. The second kappa shape index (κ2) is 2.41. The second-order valence-corrected chi connectivity index (χ2v) is 1.58. The van der Waals surface area contributed by atoms with E-state index in [4.69, 9.17) is 5.11 Å². The summed E-state index contributed by atoms with van der Waals surface area (Å²) in [7, 11) is 0. The van der Waals surface area contributed by atoms with E-state index >= 15 is 0 Å². The molecule has 48 valence electrons. The van der Waals surface area contributed by atoms with Gasteiger partial charge in [0.15, 0.2) is 0 Å². The lowest BCUT2D eigenvalue weighted by molar-refractivity contribution is 0.224. The molecule has 0 fully saturated rings. The maximum absolute atomic E-state index is 8.98. The summed E-state index contributed by atoms with van der Waals surface area (Å²) in [6.45, 7) is 3.38. The van der Waals surface area contributed by atoms with E-state index in [0.717, 1.165) is 0 Å². The first kappa shape index (κ1) is 5.97. The third-order valence-electron chi connectivity index (χ3n) is 0.962. The monoisotopic (exact) mass is 125 g/mol. The molecule has 9 heavy (non-hydrogen) atoms. The quantitative estimate of drug-likeness (QED) is 0.548. The summed E-state index contributed by atoms with van der Waals surface area (Å²) in [4.78, 5) is 0. The highest BCUT2D eigenvalue weighted by Gasteiger charge is 2.02. The minimum atomic E-state index is -0.705. The van der Waals surface area contributed by atoms with Crippen LogP contribution in [0.4, 0.5) is 0 Å². The van der Waals surface area contributed by atoms with Crippen LogP contribution in [0.3, 0.4) is 0 Å². The molecule has 2 N–H and O–H groups in total. The van der Waals surface area contributed by atoms with Crippen LogP contribution in [-0.2, 0) is 0 Å². The first-order chi connectivity index (χ1) is 4.34. The number of aromatic amines is 1. The van der Waals surface area contributed by atoms with E-state index < -0.39 is 6.10 Å². The molecule has 0 aliphatic heterocycles. The van der Waals surface area contributed by atoms with Crippen LogP contribution in [0.2, 0.25) is 0 Å². The Labute approximate surface area is 52.2 Å². The molecule has 1 aromatic heterocycles. The highest BCUT2D eigenvalue weighted by molar-refractivity contribution is 5.02. The van der Waals surface area contributed by atoms with Crippen molar-refractivity contribution in [3.05, 3.63) is 24.5 Å². The molecule has 1 atom stereocenters. The van der Waals surface area contributed by atoms with E-state index in [0.29, 0.717) is 5.69 Å². The minimum absolute atomic E-state index is 0.491. The fourth-order valence-corrected chi connectivity index (χ4v) is 0.476. The topological polar surface area (TPSA) is 61.8 Å². The lowest BCUT2D eigenvalue weighted by Crippen LogP contribution is -1.91. The summed E-state index contributed by atoms with van der Waals surface area (Å²) in [6, 6.07) is 0. The summed E-state index contributed by atoms with van der Waals surface area (Å²) in [5, 5.41) is 18.4. The molecular formula is C5H7N3O. The summed E-state index contributed by atoms with van der Waals surface area (Å²) in [5.41, 5.74) is 0.491. The van der Waals surface area contributed by atoms with Crippen molar-refractivity contribution in [1.29, 1.82) is 0 Å². The lowest BCUT2D eigenvalue weighted by Gasteiger charge is -1.94. The maximum atomic E-state index is 8.98. The van der Waals surface area contributed by atoms with Crippen LogP contribution < -0.4 is 0 Å². The molecule has 1 rings (SSSR count). The van der Waals surface area contributed by atoms with Crippen molar-refractivity contribution in [2.45, 2.75) is 6.10 Å². The molecule has 0 bridgehead atoms. The Morgan fingerprint density at radius 2 is 2.67 bits per heavy atom. The summed E-state index contributed by atoms with van der Waals surface area (Å²) in [6.07, 6.45) is 2.20. The van der Waals surface area contributed by atoms with Crippen molar-refractivity contribution in [2.24, 2.45) is 0 Å². The van der Waals surface area contributed by atoms with Gasteiger partial charge in [-0.05, 0) is 0 Å². The van der Waals surface area contributed by atoms with Crippen LogP contribution in [0.5, 0.6) is 0 Å². The number of aromatic nitrogens is 3. The molecule has 0 aromatic carbocycles. The fraction of sp³-hybridized carbons (Fsp3) is 0.200. The van der Waals surface area contributed by atoms with Crippen LogP contribution in [-0.4, -0.2) is 20.5 Å². The molecule has 1 unspecified atom stereocenters. The number of hydrogen-bond acceptors (Lipinski definition) is 3. The van der Waals surface area contributed by atoms with Crippen LogP contribution in [0, 0.1) is 0 Å². The van der Waals surface area contributed by atoms with Crippen LogP contribution in [0.25, 0.3) is 0 Å². The molecule has 4 heteroatoms. The van der Waals surface area contributed by atoms with Gasteiger partial charge >= 0.3 is 0 Å². The average molecular weight is 125 g/mol. The molecule has 0 aliphatic rings. The van der Waals surface area contributed by atoms with Crippen molar-refractivity contribution >= 4 is 0 Å². The zero-order chi connectivity index (χ0) is 6.69. The van der Waals surface area contributed by atoms with E-state index in [2.05, 4.69) is 22.0 Å². The van der Waals surface area contributed by atoms with Crippen molar-refractivity contribution < 1.29 is 5.11 Å². The van der Waals surface area contributed by atoms with Gasteiger partial charge in [-0.3, -0.25) is 5.10 Å². The first-order valence-electron chi connectivity index (χ1n) is 2.51. The third-order valence-corrected chi connectivity index (χ3v) is 0.962. The third kappa shape index (κ3) is 1.14. The van der Waals surface area contributed by atoms with Gasteiger partial charge in [0.05, 0.1) is 0 Å². The van der Waals surface area contributed by atoms with Crippen LogP contribution in [0.1, 0.15) is 11.8 Å². The van der Waals surface area contributed by atoms with Crippen molar-refractivity contribution in [1.82, 2.24) is 15.4 Å². The molecule has 0 radical (unpaired) electrons. The fourth-order valence-electron chi connectivity index (χ4n) is 0.476. The maximum Gasteiger partial charge on any atom is 0.117 e. The van der Waals surface area contributed by atoms with Gasteiger partial charge in [0.1, 0.15) is 11.8 Å². The summed E-state index contributed by atoms with van der Waals surface area (Å²) < 4.78 is 0. The number of aliphatic hydroxyl groups is 1. The van der Waals surface area contributed by atoms with Crippen molar-refractivity contribution in [3.8, 4) is 0 Å². The molecule has 1 aromatic rings. The van der Waals surface area contributed by atoms with Gasteiger partial charge in [-0.15, -0.1) is 11.7 Å². The van der Waals surface area contributed by atoms with E-state index in [1.54, 1.807) is 0 Å². The number of nitrogens with one attached hydrogen (secondary N) is 1. The Morgan fingerprint density at radius 1 is 1.89 bits per heavy atom. The Hall–Kier alpha value is -1.16. The summed E-state index contributed by atoms with van der Waals surface area (Å²) >= 11 is 0. The van der Waals surface area contributed by atoms with Crippen molar-refractivity contribution in [2.75, 3.05) is 0 Å². The van der Waals surface area contributed by atoms with Gasteiger partial charge in [-0.25, -0.2) is 0 Å². The lowest BCUT2D eigenvalue weighted by atomic mass is 10.3. The molecule has 0 amide bonds. The number of rotatable bonds is 2. The second-order valence-electron chi connectivity index (χ2n) is 1.58. The van der Waals surface area contributed by atoms with E-state index in [1.807, 2.05) is 0 Å². The van der Waals surface area contributed by atoms with Gasteiger partial charge in [0.2, 0.25) is 0 Å². The average Bonchev–Trinajstić information content (AvgIpc) is 2.37. The minimum Gasteiger partial charge on any atom is -0.383 e. The van der Waals surface area contributed by atoms with Crippen LogP contribution >= 0.6 is 0 Å². The van der Waals surface area contributed by atoms with E-state index in [-0.39, 0.29) is 0 Å². The highest BCUT2D eigenvalue weighted by atomic mass is 16.3. The predicted octanol–water partition coefficient (Wildman–Crippen LogP) is 0.0241. The molecular weight excluding hydrogens is 118 g/mol. The molecule has 0 saturated heterocycles. The Balaban J connectivity index is 2.76. The first-order valence-corrected chi connectivity index (χ1v) is 2.51. The van der Waals surface area contributed by atoms with Crippen LogP contribution in [0.15, 0.2) is 18.9 Å². The Kier molecular flexibility index (Phi) is 1.60. The number of nitrogens with zero attached hydrogens (tertiary/aromatic N) is 2. The van der Waals surface area contributed by atoms with E-state index in [1.165, 1.54) is 12.3 Å². The largest absolute Gasteiger partial charge is 0.383 e. The Bertz CT molecular complexity index is 182. The predicted molar refractivity (Wildman–Crippen MR) is 31.5 cm³/mol. The SMILES string of the molecule is C=CC(O)c1c[nH]nn1. The van der Waals surface area contributed by atoms with Gasteiger partial charge in [-0.2, -0.15) is 0 Å².